The zero-order chi connectivity index (χ0) is 20.4. The highest BCUT2D eigenvalue weighted by atomic mass is 16.2. The number of aryl methyl sites for hydroxylation is 2. The SMILES string of the molecule is Cc1n[nH]c(C)c1CNC(=O)[C@@]12CCCN(CC3CCCCC3)[C@H]1CN(C)CC2. The van der Waals surface area contributed by atoms with Gasteiger partial charge >= 0.3 is 0 Å². The van der Waals surface area contributed by atoms with E-state index in [4.69, 9.17) is 0 Å². The number of H-pyrrole nitrogens is 1. The third-order valence-electron chi connectivity index (χ3n) is 7.95. The van der Waals surface area contributed by atoms with Crippen LogP contribution in [0.1, 0.15) is 68.3 Å². The highest BCUT2D eigenvalue weighted by Crippen LogP contribution is 2.43. The monoisotopic (exact) mass is 401 g/mol. The van der Waals surface area contributed by atoms with E-state index >= 15 is 0 Å². The normalized spacial score (nSPS) is 29.6. The fraction of sp³-hybridized carbons (Fsp3) is 0.826. The topological polar surface area (TPSA) is 64.3 Å². The Bertz CT molecular complexity index is 691. The predicted molar refractivity (Wildman–Crippen MR) is 116 cm³/mol. The van der Waals surface area contributed by atoms with Crippen LogP contribution >= 0.6 is 0 Å². The lowest BCUT2D eigenvalue weighted by Crippen LogP contribution is -2.65. The number of aromatic amines is 1. The standard InChI is InChI=1S/C23H39N5O/c1-17-20(18(2)26-25-17)14-24-22(29)23-10-7-12-28(15-19-8-5-4-6-9-19)21(23)16-27(3)13-11-23/h19,21H,4-16H2,1-3H3,(H,24,29)(H,25,26)/t21-,23+/m0/s1. The summed E-state index contributed by atoms with van der Waals surface area (Å²) in [4.78, 5) is 18.8. The van der Waals surface area contributed by atoms with Crippen LogP contribution in [0, 0.1) is 25.2 Å². The molecule has 6 nitrogen and oxygen atoms in total. The van der Waals surface area contributed by atoms with Gasteiger partial charge in [0.15, 0.2) is 0 Å². The molecule has 3 heterocycles. The minimum atomic E-state index is -0.231. The minimum absolute atomic E-state index is 0.231. The maximum atomic E-state index is 13.6. The fourth-order valence-corrected chi connectivity index (χ4v) is 6.11. The number of hydrogen-bond donors (Lipinski definition) is 2. The smallest absolute Gasteiger partial charge is 0.228 e. The first-order chi connectivity index (χ1) is 14.0. The molecule has 29 heavy (non-hydrogen) atoms. The number of likely N-dealkylation sites (tertiary alicyclic amines) is 2. The average Bonchev–Trinajstić information content (AvgIpc) is 3.05. The number of carbonyl (C=O) groups is 1. The number of nitrogens with one attached hydrogen (secondary N) is 2. The zero-order valence-corrected chi connectivity index (χ0v) is 18.6. The van der Waals surface area contributed by atoms with E-state index in [1.807, 2.05) is 13.8 Å². The molecule has 0 unspecified atom stereocenters. The van der Waals surface area contributed by atoms with Crippen LogP contribution in [0.3, 0.4) is 0 Å². The van der Waals surface area contributed by atoms with E-state index in [9.17, 15) is 4.79 Å². The van der Waals surface area contributed by atoms with E-state index in [2.05, 4.69) is 32.4 Å². The Kier molecular flexibility index (Phi) is 6.30. The van der Waals surface area contributed by atoms with Crippen molar-refractivity contribution < 1.29 is 4.79 Å². The summed E-state index contributed by atoms with van der Waals surface area (Å²) in [6.07, 6.45) is 10.1. The van der Waals surface area contributed by atoms with Gasteiger partial charge in [0.25, 0.3) is 0 Å². The molecule has 2 atom stereocenters. The van der Waals surface area contributed by atoms with Crippen LogP contribution < -0.4 is 5.32 Å². The lowest BCUT2D eigenvalue weighted by Gasteiger charge is -2.54. The van der Waals surface area contributed by atoms with Crippen molar-refractivity contribution in [3.63, 3.8) is 0 Å². The van der Waals surface area contributed by atoms with Gasteiger partial charge in [0.1, 0.15) is 0 Å². The van der Waals surface area contributed by atoms with E-state index in [0.29, 0.717) is 12.6 Å². The molecule has 1 saturated carbocycles. The number of piperidine rings is 2. The first-order valence-electron chi connectivity index (χ1n) is 11.7. The molecule has 1 aromatic rings. The van der Waals surface area contributed by atoms with Gasteiger partial charge in [-0.25, -0.2) is 0 Å². The van der Waals surface area contributed by atoms with Crippen LogP contribution in [0.15, 0.2) is 0 Å². The van der Waals surface area contributed by atoms with Crippen molar-refractivity contribution in [3.8, 4) is 0 Å². The number of amides is 1. The molecule has 1 aromatic heterocycles. The molecule has 3 aliphatic rings. The second kappa shape index (κ2) is 8.76. The Hall–Kier alpha value is -1.40. The summed E-state index contributed by atoms with van der Waals surface area (Å²) < 4.78 is 0. The number of likely N-dealkylation sites (N-methyl/N-ethyl adjacent to an activating group) is 1. The molecular weight excluding hydrogens is 362 g/mol. The van der Waals surface area contributed by atoms with Gasteiger partial charge in [-0.3, -0.25) is 14.8 Å². The van der Waals surface area contributed by atoms with Crippen molar-refractivity contribution in [1.29, 1.82) is 0 Å². The van der Waals surface area contributed by atoms with Gasteiger partial charge in [-0.2, -0.15) is 5.10 Å². The number of carbonyl (C=O) groups excluding carboxylic acids is 1. The molecule has 0 spiro atoms. The van der Waals surface area contributed by atoms with Crippen molar-refractivity contribution in [2.75, 3.05) is 33.2 Å². The summed E-state index contributed by atoms with van der Waals surface area (Å²) in [5.41, 5.74) is 2.95. The largest absolute Gasteiger partial charge is 0.351 e. The highest BCUT2D eigenvalue weighted by molar-refractivity contribution is 5.84. The molecule has 6 heteroatoms. The summed E-state index contributed by atoms with van der Waals surface area (Å²) in [6, 6.07) is 0.350. The van der Waals surface area contributed by atoms with Crippen LogP contribution in [0.4, 0.5) is 0 Å². The van der Waals surface area contributed by atoms with Gasteiger partial charge < -0.3 is 10.2 Å². The van der Waals surface area contributed by atoms with E-state index < -0.39 is 0 Å². The molecule has 4 rings (SSSR count). The Morgan fingerprint density at radius 3 is 2.69 bits per heavy atom. The van der Waals surface area contributed by atoms with Crippen LogP contribution in [0.2, 0.25) is 0 Å². The maximum absolute atomic E-state index is 13.6. The van der Waals surface area contributed by atoms with Gasteiger partial charge in [-0.15, -0.1) is 0 Å². The van der Waals surface area contributed by atoms with E-state index in [-0.39, 0.29) is 11.3 Å². The van der Waals surface area contributed by atoms with E-state index in [1.54, 1.807) is 0 Å². The Morgan fingerprint density at radius 2 is 1.97 bits per heavy atom. The second-order valence-electron chi connectivity index (χ2n) is 9.88. The van der Waals surface area contributed by atoms with Crippen molar-refractivity contribution >= 4 is 5.91 Å². The molecule has 0 bridgehead atoms. The summed E-state index contributed by atoms with van der Waals surface area (Å²) >= 11 is 0. The summed E-state index contributed by atoms with van der Waals surface area (Å²) in [6.45, 7) is 9.01. The first-order valence-corrected chi connectivity index (χ1v) is 11.7. The van der Waals surface area contributed by atoms with E-state index in [0.717, 1.165) is 61.8 Å². The van der Waals surface area contributed by atoms with Crippen LogP contribution in [-0.4, -0.2) is 65.2 Å². The molecule has 162 valence electrons. The average molecular weight is 402 g/mol. The third kappa shape index (κ3) is 4.24. The van der Waals surface area contributed by atoms with Gasteiger partial charge in [-0.05, 0) is 72.0 Å². The number of fused-ring (bicyclic) bond motifs is 1. The van der Waals surface area contributed by atoms with Crippen molar-refractivity contribution in [3.05, 3.63) is 17.0 Å². The summed E-state index contributed by atoms with van der Waals surface area (Å²) in [5, 5.41) is 10.6. The quantitative estimate of drug-likeness (QED) is 0.796. The molecule has 2 saturated heterocycles. The second-order valence-corrected chi connectivity index (χ2v) is 9.88. The molecule has 1 amide bonds. The lowest BCUT2D eigenvalue weighted by atomic mass is 9.67. The number of nitrogens with zero attached hydrogens (tertiary/aromatic N) is 3. The van der Waals surface area contributed by atoms with Crippen LogP contribution in [0.25, 0.3) is 0 Å². The van der Waals surface area contributed by atoms with Crippen molar-refractivity contribution in [2.24, 2.45) is 11.3 Å². The number of rotatable bonds is 5. The zero-order valence-electron chi connectivity index (χ0n) is 18.6. The Balaban J connectivity index is 1.49. The fourth-order valence-electron chi connectivity index (χ4n) is 6.11. The first kappa shape index (κ1) is 20.9. The third-order valence-corrected chi connectivity index (χ3v) is 7.95. The Morgan fingerprint density at radius 1 is 1.17 bits per heavy atom. The lowest BCUT2D eigenvalue weighted by molar-refractivity contribution is -0.145. The van der Waals surface area contributed by atoms with Gasteiger partial charge in [-0.1, -0.05) is 19.3 Å². The van der Waals surface area contributed by atoms with Gasteiger partial charge in [0.2, 0.25) is 5.91 Å². The molecule has 2 N–H and O–H groups in total. The minimum Gasteiger partial charge on any atom is -0.351 e. The molecule has 0 radical (unpaired) electrons. The van der Waals surface area contributed by atoms with Crippen molar-refractivity contribution in [1.82, 2.24) is 25.3 Å². The van der Waals surface area contributed by atoms with Gasteiger partial charge in [0.05, 0.1) is 11.1 Å². The number of hydrogen-bond acceptors (Lipinski definition) is 4. The number of aromatic nitrogens is 2. The summed E-state index contributed by atoms with van der Waals surface area (Å²) in [7, 11) is 2.22. The van der Waals surface area contributed by atoms with Gasteiger partial charge in [0, 0.05) is 36.9 Å². The van der Waals surface area contributed by atoms with Crippen molar-refractivity contribution in [2.45, 2.75) is 77.8 Å². The maximum Gasteiger partial charge on any atom is 0.228 e. The summed E-state index contributed by atoms with van der Waals surface area (Å²) in [5.74, 6) is 1.09. The predicted octanol–water partition coefficient (Wildman–Crippen LogP) is 3.01. The molecule has 3 fully saturated rings. The molecular formula is C23H39N5O. The highest BCUT2D eigenvalue weighted by Gasteiger charge is 2.52. The van der Waals surface area contributed by atoms with E-state index in [1.165, 1.54) is 38.6 Å². The Labute approximate surface area is 175 Å². The molecule has 0 aromatic carbocycles. The van der Waals surface area contributed by atoms with Crippen LogP contribution in [-0.2, 0) is 11.3 Å². The molecule has 1 aliphatic carbocycles. The molecule has 2 aliphatic heterocycles. The van der Waals surface area contributed by atoms with Crippen LogP contribution in [0.5, 0.6) is 0 Å².